The van der Waals surface area contributed by atoms with E-state index >= 15 is 0 Å². The van der Waals surface area contributed by atoms with E-state index in [9.17, 15) is 0 Å². The summed E-state index contributed by atoms with van der Waals surface area (Å²) >= 11 is 0. The zero-order valence-electron chi connectivity index (χ0n) is 41.9. The largest absolute Gasteiger partial charge is 0.456 e. The number of nitrogens with zero attached hydrogens (tertiary/aromatic N) is 1. The molecule has 4 aliphatic rings. The second-order valence-corrected chi connectivity index (χ2v) is 22.7. The number of hydrogen-bond donors (Lipinski definition) is 0. The van der Waals surface area contributed by atoms with Gasteiger partial charge in [-0.25, -0.2) is 0 Å². The van der Waals surface area contributed by atoms with Crippen molar-refractivity contribution in [3.05, 3.63) is 207 Å². The first-order chi connectivity index (χ1) is 33.6. The highest BCUT2D eigenvalue weighted by molar-refractivity contribution is 6.19. The van der Waals surface area contributed by atoms with Crippen LogP contribution >= 0.6 is 0 Å². The molecule has 4 aliphatic carbocycles. The predicted molar refractivity (Wildman–Crippen MR) is 293 cm³/mol. The molecule has 0 saturated heterocycles. The summed E-state index contributed by atoms with van der Waals surface area (Å²) in [6, 6.07) is 50.4. The van der Waals surface area contributed by atoms with E-state index in [1.54, 1.807) is 0 Å². The van der Waals surface area contributed by atoms with Gasteiger partial charge in [0.1, 0.15) is 22.3 Å². The number of hydrogen-bond acceptors (Lipinski definition) is 3. The van der Waals surface area contributed by atoms with Gasteiger partial charge in [-0.2, -0.15) is 0 Å². The number of para-hydroxylation sites is 2. The van der Waals surface area contributed by atoms with Gasteiger partial charge in [0.05, 0.1) is 6.04 Å². The maximum absolute atomic E-state index is 6.92. The predicted octanol–water partition coefficient (Wildman–Crippen LogP) is 18.2. The molecule has 10 aromatic rings. The van der Waals surface area contributed by atoms with Gasteiger partial charge in [-0.15, -0.1) is 0 Å². The van der Waals surface area contributed by atoms with Crippen LogP contribution in [-0.4, -0.2) is 6.04 Å². The van der Waals surface area contributed by atoms with Crippen molar-refractivity contribution in [3.8, 4) is 33.4 Å². The molecule has 0 radical (unpaired) electrons. The third-order valence-corrected chi connectivity index (χ3v) is 17.4. The average Bonchev–Trinajstić information content (AvgIpc) is 4.08. The van der Waals surface area contributed by atoms with Crippen molar-refractivity contribution in [1.29, 1.82) is 0 Å². The lowest BCUT2D eigenvalue weighted by Crippen LogP contribution is -2.33. The smallest absolute Gasteiger partial charge is 0.143 e. The van der Waals surface area contributed by atoms with Crippen molar-refractivity contribution in [1.82, 2.24) is 0 Å². The molecular weight excluding hydrogens is 851 g/mol. The molecule has 70 heavy (non-hydrogen) atoms. The van der Waals surface area contributed by atoms with Gasteiger partial charge in [0.2, 0.25) is 0 Å². The van der Waals surface area contributed by atoms with Gasteiger partial charge in [-0.05, 0) is 178 Å². The van der Waals surface area contributed by atoms with Crippen molar-refractivity contribution in [2.24, 2.45) is 0 Å². The zero-order chi connectivity index (χ0) is 47.9. The van der Waals surface area contributed by atoms with E-state index in [2.05, 4.69) is 220 Å². The van der Waals surface area contributed by atoms with Crippen molar-refractivity contribution in [3.63, 3.8) is 0 Å². The first-order valence-corrected chi connectivity index (χ1v) is 25.3. The Morgan fingerprint density at radius 2 is 1.06 bits per heavy atom. The molecule has 3 nitrogen and oxygen atoms in total. The van der Waals surface area contributed by atoms with Crippen molar-refractivity contribution >= 4 is 60.8 Å². The first-order valence-electron chi connectivity index (χ1n) is 25.3. The lowest BCUT2D eigenvalue weighted by atomic mass is 9.76. The highest BCUT2D eigenvalue weighted by atomic mass is 16.3. The van der Waals surface area contributed by atoms with Gasteiger partial charge in [0, 0.05) is 54.7 Å². The van der Waals surface area contributed by atoms with E-state index in [0.717, 1.165) is 28.8 Å². The summed E-state index contributed by atoms with van der Waals surface area (Å²) in [5.41, 5.74) is 29.7. The fraction of sp³-hybridized carbons (Fsp3) is 0.224. The van der Waals surface area contributed by atoms with Crippen molar-refractivity contribution in [2.75, 3.05) is 4.90 Å². The topological polar surface area (TPSA) is 29.5 Å². The number of aryl methyl sites for hydroxylation is 4. The normalized spacial score (nSPS) is 17.6. The Hall–Kier alpha value is -7.36. The van der Waals surface area contributed by atoms with Gasteiger partial charge in [-0.1, -0.05) is 138 Å². The van der Waals surface area contributed by atoms with Crippen LogP contribution in [-0.2, 0) is 16.2 Å². The second kappa shape index (κ2) is 13.9. The molecule has 342 valence electrons. The van der Waals surface area contributed by atoms with Gasteiger partial charge < -0.3 is 13.7 Å². The third-order valence-electron chi connectivity index (χ3n) is 17.4. The molecule has 14 rings (SSSR count). The van der Waals surface area contributed by atoms with E-state index < -0.39 is 0 Å². The van der Waals surface area contributed by atoms with Crippen molar-refractivity contribution < 1.29 is 8.83 Å². The number of fused-ring (bicyclic) bond motifs is 16. The number of benzene rings is 8. The minimum atomic E-state index is -0.276. The first kappa shape index (κ1) is 41.6. The quantitative estimate of drug-likeness (QED) is 0.176. The van der Waals surface area contributed by atoms with Crippen LogP contribution in [0.3, 0.4) is 0 Å². The molecule has 8 aromatic carbocycles. The Balaban J connectivity index is 0.895. The maximum Gasteiger partial charge on any atom is 0.143 e. The number of furan rings is 2. The molecule has 0 saturated carbocycles. The van der Waals surface area contributed by atoms with Gasteiger partial charge in [0.15, 0.2) is 0 Å². The maximum atomic E-state index is 6.92. The highest BCUT2D eigenvalue weighted by Gasteiger charge is 2.46. The molecule has 1 unspecified atom stereocenters. The molecule has 0 amide bonds. The van der Waals surface area contributed by atoms with Gasteiger partial charge in [0.25, 0.3) is 0 Å². The van der Waals surface area contributed by atoms with Crippen LogP contribution in [0.25, 0.3) is 82.8 Å². The van der Waals surface area contributed by atoms with E-state index in [1.165, 1.54) is 133 Å². The average molecular weight is 908 g/mol. The SMILES string of the molecule is Cc1ccc(N(c2ccc3c(c2)C(C)(C)c2cc(-c4c(C)cc(C)cc4C)c4oc5ccccc5c4c2-3)C2C=CC3=C(C2)C(C)(C)c2cc4c(cc23)C(C)(C)c2ccc3oc5ccccc5c3c2-4)cc1. The summed E-state index contributed by atoms with van der Waals surface area (Å²) in [6.45, 7) is 23.5. The molecule has 0 aliphatic heterocycles. The monoisotopic (exact) mass is 907 g/mol. The van der Waals surface area contributed by atoms with Gasteiger partial charge >= 0.3 is 0 Å². The summed E-state index contributed by atoms with van der Waals surface area (Å²) in [7, 11) is 0. The molecule has 0 spiro atoms. The van der Waals surface area contributed by atoms with Crippen LogP contribution in [0.4, 0.5) is 11.4 Å². The molecule has 0 bridgehead atoms. The molecule has 0 fully saturated rings. The van der Waals surface area contributed by atoms with Gasteiger partial charge in [-0.3, -0.25) is 0 Å². The summed E-state index contributed by atoms with van der Waals surface area (Å²) in [4.78, 5) is 2.62. The third kappa shape index (κ3) is 5.41. The van der Waals surface area contributed by atoms with E-state index in [-0.39, 0.29) is 22.3 Å². The lowest BCUT2D eigenvalue weighted by Gasteiger charge is -2.37. The van der Waals surface area contributed by atoms with Crippen LogP contribution in [0.2, 0.25) is 0 Å². The zero-order valence-corrected chi connectivity index (χ0v) is 41.9. The van der Waals surface area contributed by atoms with Crippen LogP contribution < -0.4 is 4.90 Å². The van der Waals surface area contributed by atoms with E-state index in [0.29, 0.717) is 0 Å². The fourth-order valence-corrected chi connectivity index (χ4v) is 14.0. The summed E-state index contributed by atoms with van der Waals surface area (Å²) in [5, 5.41) is 4.82. The number of anilines is 2. The lowest BCUT2D eigenvalue weighted by molar-refractivity contribution is 0.584. The van der Waals surface area contributed by atoms with Crippen molar-refractivity contribution in [2.45, 2.75) is 97.9 Å². The van der Waals surface area contributed by atoms with Crippen LogP contribution in [0.5, 0.6) is 0 Å². The minimum absolute atomic E-state index is 0.101. The molecule has 0 N–H and O–H groups in total. The van der Waals surface area contributed by atoms with Crippen LogP contribution in [0.15, 0.2) is 160 Å². The Morgan fingerprint density at radius 1 is 0.457 bits per heavy atom. The standard InChI is InChI=1S/C67H57NO2/c1-36-19-21-40(22-20-36)68(42-24-26-44-52(32-42)67(9,10)55-35-49(59-38(3)29-37(2)30-39(59)4)64-63(60(44)55)46-16-12-14-18-57(46)70-64)41-23-25-43-47-33-54-48(34-53(47)66(7,8)51(43)31-41)61-50(65(54,5)6)27-28-58-62(61)45-15-11-13-17-56(45)69-58/h11-30,32-35,41H,31H2,1-10H3. The highest BCUT2D eigenvalue weighted by Crippen LogP contribution is 2.60. The number of allylic oxidation sites excluding steroid dienone is 2. The number of rotatable bonds is 4. The van der Waals surface area contributed by atoms with Crippen LogP contribution in [0, 0.1) is 27.7 Å². The fourth-order valence-electron chi connectivity index (χ4n) is 14.0. The van der Waals surface area contributed by atoms with E-state index in [1.807, 2.05) is 0 Å². The second-order valence-electron chi connectivity index (χ2n) is 22.7. The summed E-state index contributed by atoms with van der Waals surface area (Å²) < 4.78 is 13.4. The summed E-state index contributed by atoms with van der Waals surface area (Å²) in [5.74, 6) is 0. The minimum Gasteiger partial charge on any atom is -0.456 e. The molecule has 1 atom stereocenters. The molecule has 2 heterocycles. The Bertz CT molecular complexity index is 4020. The van der Waals surface area contributed by atoms with E-state index in [4.69, 9.17) is 8.83 Å². The molecular formula is C67H57NO2. The Labute approximate surface area is 410 Å². The Morgan fingerprint density at radius 3 is 1.80 bits per heavy atom. The van der Waals surface area contributed by atoms with Crippen LogP contribution in [0.1, 0.15) is 104 Å². The molecule has 3 heteroatoms. The molecule has 2 aromatic heterocycles. The Kier molecular flexibility index (Phi) is 8.27. The summed E-state index contributed by atoms with van der Waals surface area (Å²) in [6.07, 6.45) is 5.88.